The standard InChI is InChI=1S/C11H15BO2/c1-11(2)8-13-12(14-9-11)10-6-4-3-5-7-10/h3-7H,8-9H2,1-2H3. The number of hydrogen-bond acceptors (Lipinski definition) is 2. The first-order valence-corrected chi connectivity index (χ1v) is 4.96. The molecule has 0 aromatic heterocycles. The second kappa shape index (κ2) is 3.75. The maximum atomic E-state index is 5.66. The molecular weight excluding hydrogens is 175 g/mol. The molecule has 1 aliphatic heterocycles. The highest BCUT2D eigenvalue weighted by Gasteiger charge is 2.32. The smallest absolute Gasteiger partial charge is 0.407 e. The van der Waals surface area contributed by atoms with E-state index in [2.05, 4.69) is 13.8 Å². The van der Waals surface area contributed by atoms with Gasteiger partial charge in [-0.05, 0) is 5.46 Å². The molecule has 0 N–H and O–H groups in total. The van der Waals surface area contributed by atoms with E-state index < -0.39 is 0 Å². The van der Waals surface area contributed by atoms with Gasteiger partial charge in [0.15, 0.2) is 0 Å². The molecule has 0 unspecified atom stereocenters. The largest absolute Gasteiger partial charge is 0.493 e. The Balaban J connectivity index is 2.03. The van der Waals surface area contributed by atoms with Crippen LogP contribution in [-0.4, -0.2) is 20.3 Å². The second-order valence-electron chi connectivity index (χ2n) is 4.53. The van der Waals surface area contributed by atoms with Crippen LogP contribution >= 0.6 is 0 Å². The summed E-state index contributed by atoms with van der Waals surface area (Å²) in [4.78, 5) is 0. The SMILES string of the molecule is CC1(C)COB(c2ccccc2)OC1. The summed E-state index contributed by atoms with van der Waals surface area (Å²) in [6.07, 6.45) is 0. The summed E-state index contributed by atoms with van der Waals surface area (Å²) in [5.74, 6) is 0. The lowest BCUT2D eigenvalue weighted by Crippen LogP contribution is -2.47. The van der Waals surface area contributed by atoms with Crippen molar-refractivity contribution in [1.82, 2.24) is 0 Å². The van der Waals surface area contributed by atoms with E-state index in [1.807, 2.05) is 30.3 Å². The summed E-state index contributed by atoms with van der Waals surface area (Å²) in [6.45, 7) is 5.81. The highest BCUT2D eigenvalue weighted by molar-refractivity contribution is 6.61. The van der Waals surface area contributed by atoms with Gasteiger partial charge in [0, 0.05) is 18.6 Å². The molecule has 1 fully saturated rings. The van der Waals surface area contributed by atoms with Crippen molar-refractivity contribution in [2.45, 2.75) is 13.8 Å². The Kier molecular flexibility index (Phi) is 2.61. The minimum atomic E-state index is -0.177. The molecule has 74 valence electrons. The monoisotopic (exact) mass is 190 g/mol. The van der Waals surface area contributed by atoms with Gasteiger partial charge < -0.3 is 9.31 Å². The normalized spacial score (nSPS) is 20.9. The van der Waals surface area contributed by atoms with Crippen LogP contribution in [0.4, 0.5) is 0 Å². The molecule has 0 atom stereocenters. The fraction of sp³-hybridized carbons (Fsp3) is 0.455. The molecule has 0 radical (unpaired) electrons. The molecule has 14 heavy (non-hydrogen) atoms. The van der Waals surface area contributed by atoms with Gasteiger partial charge in [0.1, 0.15) is 0 Å². The van der Waals surface area contributed by atoms with E-state index in [4.69, 9.17) is 9.31 Å². The van der Waals surface area contributed by atoms with E-state index in [9.17, 15) is 0 Å². The van der Waals surface area contributed by atoms with Crippen molar-refractivity contribution in [2.75, 3.05) is 13.2 Å². The molecule has 0 saturated carbocycles. The first-order chi connectivity index (χ1) is 6.67. The Morgan fingerprint density at radius 2 is 1.64 bits per heavy atom. The quantitative estimate of drug-likeness (QED) is 0.624. The van der Waals surface area contributed by atoms with Crippen molar-refractivity contribution >= 4 is 12.6 Å². The number of benzene rings is 1. The second-order valence-corrected chi connectivity index (χ2v) is 4.53. The van der Waals surface area contributed by atoms with Crippen LogP contribution in [0.5, 0.6) is 0 Å². The van der Waals surface area contributed by atoms with E-state index in [1.165, 1.54) is 0 Å². The number of rotatable bonds is 1. The molecule has 0 bridgehead atoms. The Bertz CT molecular complexity index is 287. The zero-order valence-electron chi connectivity index (χ0n) is 8.69. The van der Waals surface area contributed by atoms with Crippen LogP contribution in [0.15, 0.2) is 30.3 Å². The Morgan fingerprint density at radius 1 is 1.07 bits per heavy atom. The fourth-order valence-corrected chi connectivity index (χ4v) is 1.49. The summed E-state index contributed by atoms with van der Waals surface area (Å²) < 4.78 is 11.3. The maximum Gasteiger partial charge on any atom is 0.493 e. The van der Waals surface area contributed by atoms with Crippen LogP contribution in [-0.2, 0) is 9.31 Å². The molecule has 1 heterocycles. The molecule has 1 aromatic carbocycles. The highest BCUT2D eigenvalue weighted by atomic mass is 16.6. The van der Waals surface area contributed by atoms with Crippen molar-refractivity contribution in [2.24, 2.45) is 5.41 Å². The fourth-order valence-electron chi connectivity index (χ4n) is 1.49. The molecule has 0 spiro atoms. The van der Waals surface area contributed by atoms with Crippen LogP contribution in [0.25, 0.3) is 0 Å². The van der Waals surface area contributed by atoms with Crippen molar-refractivity contribution < 1.29 is 9.31 Å². The predicted octanol–water partition coefficient (Wildman–Crippen LogP) is 1.45. The molecule has 0 amide bonds. The van der Waals surface area contributed by atoms with Gasteiger partial charge in [-0.1, -0.05) is 44.2 Å². The van der Waals surface area contributed by atoms with Gasteiger partial charge in [-0.15, -0.1) is 0 Å². The van der Waals surface area contributed by atoms with Crippen LogP contribution < -0.4 is 5.46 Å². The third-order valence-corrected chi connectivity index (χ3v) is 2.32. The lowest BCUT2D eigenvalue weighted by molar-refractivity contribution is 0.0343. The Hall–Kier alpha value is -0.795. The van der Waals surface area contributed by atoms with Crippen molar-refractivity contribution in [3.63, 3.8) is 0 Å². The average Bonchev–Trinajstić information content (AvgIpc) is 2.19. The van der Waals surface area contributed by atoms with Gasteiger partial charge in [-0.3, -0.25) is 0 Å². The van der Waals surface area contributed by atoms with E-state index in [0.29, 0.717) is 0 Å². The van der Waals surface area contributed by atoms with Crippen molar-refractivity contribution in [3.05, 3.63) is 30.3 Å². The van der Waals surface area contributed by atoms with Gasteiger partial charge in [-0.2, -0.15) is 0 Å². The van der Waals surface area contributed by atoms with E-state index in [1.54, 1.807) is 0 Å². The van der Waals surface area contributed by atoms with Crippen molar-refractivity contribution in [1.29, 1.82) is 0 Å². The zero-order chi connectivity index (χ0) is 10.0. The summed E-state index contributed by atoms with van der Waals surface area (Å²) in [7, 11) is -0.177. The lowest BCUT2D eigenvalue weighted by Gasteiger charge is -2.33. The predicted molar refractivity (Wildman–Crippen MR) is 57.5 cm³/mol. The van der Waals surface area contributed by atoms with Crippen LogP contribution in [0.3, 0.4) is 0 Å². The van der Waals surface area contributed by atoms with Crippen LogP contribution in [0.2, 0.25) is 0 Å². The topological polar surface area (TPSA) is 18.5 Å². The maximum absolute atomic E-state index is 5.66. The van der Waals surface area contributed by atoms with E-state index in [-0.39, 0.29) is 12.5 Å². The summed E-state index contributed by atoms with van der Waals surface area (Å²) in [5, 5.41) is 0. The first-order valence-electron chi connectivity index (χ1n) is 4.96. The summed E-state index contributed by atoms with van der Waals surface area (Å²) in [6, 6.07) is 10.1. The minimum absolute atomic E-state index is 0.144. The third-order valence-electron chi connectivity index (χ3n) is 2.32. The van der Waals surface area contributed by atoms with Gasteiger partial charge in [0.2, 0.25) is 0 Å². The first kappa shape index (κ1) is 9.75. The number of hydrogen-bond donors (Lipinski definition) is 0. The average molecular weight is 190 g/mol. The summed E-state index contributed by atoms with van der Waals surface area (Å²) in [5.41, 5.74) is 1.24. The molecule has 1 aromatic rings. The van der Waals surface area contributed by atoms with E-state index in [0.717, 1.165) is 18.7 Å². The van der Waals surface area contributed by atoms with Gasteiger partial charge in [0.05, 0.1) is 0 Å². The zero-order valence-corrected chi connectivity index (χ0v) is 8.69. The molecule has 2 rings (SSSR count). The van der Waals surface area contributed by atoms with Crippen LogP contribution in [0.1, 0.15) is 13.8 Å². The minimum Gasteiger partial charge on any atom is -0.407 e. The van der Waals surface area contributed by atoms with Crippen molar-refractivity contribution in [3.8, 4) is 0 Å². The lowest BCUT2D eigenvalue weighted by atomic mass is 9.76. The Morgan fingerprint density at radius 3 is 2.21 bits per heavy atom. The molecular formula is C11H15BO2. The van der Waals surface area contributed by atoms with Gasteiger partial charge in [0.25, 0.3) is 0 Å². The molecule has 0 aliphatic carbocycles. The molecule has 1 aliphatic rings. The van der Waals surface area contributed by atoms with Gasteiger partial charge in [-0.25, -0.2) is 0 Å². The summed E-state index contributed by atoms with van der Waals surface area (Å²) >= 11 is 0. The van der Waals surface area contributed by atoms with Crippen LogP contribution in [0, 0.1) is 5.41 Å². The highest BCUT2D eigenvalue weighted by Crippen LogP contribution is 2.21. The molecule has 2 nitrogen and oxygen atoms in total. The molecule has 1 saturated heterocycles. The third kappa shape index (κ3) is 2.17. The Labute approximate surface area is 85.4 Å². The van der Waals surface area contributed by atoms with E-state index >= 15 is 0 Å². The van der Waals surface area contributed by atoms with Gasteiger partial charge >= 0.3 is 7.12 Å². The molecule has 3 heteroatoms.